The van der Waals surface area contributed by atoms with E-state index in [0.29, 0.717) is 0 Å². The fraction of sp³-hybridized carbons (Fsp3) is 0.647. The summed E-state index contributed by atoms with van der Waals surface area (Å²) in [5.74, 6) is 1.81. The van der Waals surface area contributed by atoms with Crippen molar-refractivity contribution < 1.29 is 0 Å². The van der Waals surface area contributed by atoms with Crippen LogP contribution in [-0.2, 0) is 24.8 Å². The number of hydrogen-bond donors (Lipinski definition) is 2. The summed E-state index contributed by atoms with van der Waals surface area (Å²) in [6, 6.07) is 0. The highest BCUT2D eigenvalue weighted by molar-refractivity contribution is 14.0. The maximum atomic E-state index is 4.72. The van der Waals surface area contributed by atoms with Crippen molar-refractivity contribution in [3.63, 3.8) is 0 Å². The first kappa shape index (κ1) is 22.8. The van der Waals surface area contributed by atoms with Crippen LogP contribution in [0.25, 0.3) is 0 Å². The molecule has 9 heteroatoms. The van der Waals surface area contributed by atoms with Crippen LogP contribution in [-0.4, -0.2) is 45.8 Å². The monoisotopic (exact) mass is 491 g/mol. The van der Waals surface area contributed by atoms with Crippen LogP contribution < -0.4 is 10.6 Å². The smallest absolute Gasteiger partial charge is 0.191 e. The molecule has 0 radical (unpaired) electrons. The van der Waals surface area contributed by atoms with E-state index in [4.69, 9.17) is 4.98 Å². The van der Waals surface area contributed by atoms with Crippen LogP contribution in [0.2, 0.25) is 0 Å². The first-order chi connectivity index (χ1) is 11.9. The molecule has 2 aromatic rings. The van der Waals surface area contributed by atoms with Crippen LogP contribution in [0.3, 0.4) is 0 Å². The lowest BCUT2D eigenvalue weighted by atomic mass is 9.93. The number of nitrogens with zero attached hydrogens (tertiary/aromatic N) is 5. The van der Waals surface area contributed by atoms with Gasteiger partial charge in [0.2, 0.25) is 0 Å². The lowest BCUT2D eigenvalue weighted by Crippen LogP contribution is -2.39. The molecular formula is C17H30IN7S. The van der Waals surface area contributed by atoms with E-state index in [0.717, 1.165) is 55.0 Å². The molecule has 0 bridgehead atoms. The van der Waals surface area contributed by atoms with Crippen molar-refractivity contribution in [2.75, 3.05) is 20.1 Å². The summed E-state index contributed by atoms with van der Waals surface area (Å²) in [5, 5.41) is 18.0. The van der Waals surface area contributed by atoms with E-state index in [1.165, 1.54) is 0 Å². The highest BCUT2D eigenvalue weighted by atomic mass is 127. The summed E-state index contributed by atoms with van der Waals surface area (Å²) < 4.78 is 2.06. The third-order valence-electron chi connectivity index (χ3n) is 3.83. The standard InChI is InChI=1S/C17H29N7S.HI/c1-6-14-23-21-12-24(14)10-9-20-16(18-5)19-8-7-15-22-13(11-25-15)17(2,3)4;/h11-12H,6-10H2,1-5H3,(H2,18,19,20);1H. The van der Waals surface area contributed by atoms with Crippen molar-refractivity contribution in [2.24, 2.45) is 4.99 Å². The quantitative estimate of drug-likeness (QED) is 0.354. The highest BCUT2D eigenvalue weighted by Crippen LogP contribution is 2.23. The fourth-order valence-electron chi connectivity index (χ4n) is 2.31. The number of aromatic nitrogens is 4. The number of aryl methyl sites for hydroxylation is 1. The van der Waals surface area contributed by atoms with Gasteiger partial charge >= 0.3 is 0 Å². The van der Waals surface area contributed by atoms with Crippen LogP contribution in [0.4, 0.5) is 0 Å². The predicted molar refractivity (Wildman–Crippen MR) is 119 cm³/mol. The second kappa shape index (κ2) is 10.8. The number of rotatable bonds is 7. The lowest BCUT2D eigenvalue weighted by Gasteiger charge is -2.14. The zero-order chi connectivity index (χ0) is 18.3. The Balaban J connectivity index is 0.00000338. The second-order valence-electron chi connectivity index (χ2n) is 6.85. The van der Waals surface area contributed by atoms with Gasteiger partial charge in [-0.1, -0.05) is 27.7 Å². The number of hydrogen-bond acceptors (Lipinski definition) is 5. The summed E-state index contributed by atoms with van der Waals surface area (Å²) in [7, 11) is 1.78. The normalized spacial score (nSPS) is 12.0. The average Bonchev–Trinajstić information content (AvgIpc) is 3.21. The van der Waals surface area contributed by atoms with Gasteiger partial charge in [-0.3, -0.25) is 4.99 Å². The van der Waals surface area contributed by atoms with Crippen LogP contribution in [0.15, 0.2) is 16.7 Å². The Kier molecular flexibility index (Phi) is 9.48. The topological polar surface area (TPSA) is 80.0 Å². The third kappa shape index (κ3) is 6.82. The van der Waals surface area contributed by atoms with Gasteiger partial charge in [0, 0.05) is 50.3 Å². The minimum atomic E-state index is 0. The van der Waals surface area contributed by atoms with Crippen LogP contribution in [0.1, 0.15) is 44.2 Å². The largest absolute Gasteiger partial charge is 0.356 e. The zero-order valence-corrected chi connectivity index (χ0v) is 19.4. The van der Waals surface area contributed by atoms with E-state index >= 15 is 0 Å². The van der Waals surface area contributed by atoms with E-state index in [9.17, 15) is 0 Å². The molecule has 2 rings (SSSR count). The molecule has 26 heavy (non-hydrogen) atoms. The molecule has 0 aromatic carbocycles. The molecule has 0 atom stereocenters. The lowest BCUT2D eigenvalue weighted by molar-refractivity contribution is 0.570. The third-order valence-corrected chi connectivity index (χ3v) is 4.74. The van der Waals surface area contributed by atoms with E-state index in [-0.39, 0.29) is 29.4 Å². The number of guanidine groups is 1. The zero-order valence-electron chi connectivity index (χ0n) is 16.2. The Hall–Kier alpha value is -1.23. The van der Waals surface area contributed by atoms with Gasteiger partial charge in [0.25, 0.3) is 0 Å². The molecule has 7 nitrogen and oxygen atoms in total. The van der Waals surface area contributed by atoms with Crippen LogP contribution >= 0.6 is 35.3 Å². The maximum Gasteiger partial charge on any atom is 0.191 e. The fourth-order valence-corrected chi connectivity index (χ4v) is 3.34. The maximum absolute atomic E-state index is 4.72. The summed E-state index contributed by atoms with van der Waals surface area (Å²) in [6.45, 7) is 11.1. The molecule has 0 unspecified atom stereocenters. The molecule has 2 aromatic heterocycles. The second-order valence-corrected chi connectivity index (χ2v) is 7.79. The summed E-state index contributed by atoms with van der Waals surface area (Å²) >= 11 is 1.73. The Bertz CT molecular complexity index is 687. The Morgan fingerprint density at radius 2 is 2.00 bits per heavy atom. The molecule has 2 heterocycles. The molecule has 0 amide bonds. The molecule has 0 saturated carbocycles. The average molecular weight is 491 g/mol. The van der Waals surface area contributed by atoms with Gasteiger partial charge in [-0.15, -0.1) is 45.5 Å². The molecule has 146 valence electrons. The van der Waals surface area contributed by atoms with E-state index in [1.807, 2.05) is 0 Å². The van der Waals surface area contributed by atoms with Gasteiger partial charge in [0.05, 0.1) is 10.7 Å². The Morgan fingerprint density at radius 1 is 1.27 bits per heavy atom. The molecule has 2 N–H and O–H groups in total. The van der Waals surface area contributed by atoms with Gasteiger partial charge in [-0.05, 0) is 0 Å². The van der Waals surface area contributed by atoms with Crippen molar-refractivity contribution in [3.8, 4) is 0 Å². The molecule has 0 fully saturated rings. The van der Waals surface area contributed by atoms with Crippen molar-refractivity contribution in [3.05, 3.63) is 28.2 Å². The van der Waals surface area contributed by atoms with Gasteiger partial charge in [-0.25, -0.2) is 4.98 Å². The molecule has 0 aliphatic heterocycles. The number of thiazole rings is 1. The minimum Gasteiger partial charge on any atom is -0.356 e. The predicted octanol–water partition coefficient (Wildman–Crippen LogP) is 2.62. The summed E-state index contributed by atoms with van der Waals surface area (Å²) in [5.41, 5.74) is 1.27. The van der Waals surface area contributed by atoms with Crippen molar-refractivity contribution in [1.82, 2.24) is 30.4 Å². The van der Waals surface area contributed by atoms with E-state index in [1.54, 1.807) is 24.7 Å². The molecule has 0 aliphatic rings. The van der Waals surface area contributed by atoms with E-state index in [2.05, 4.69) is 63.5 Å². The van der Waals surface area contributed by atoms with Gasteiger partial charge in [0.15, 0.2) is 5.96 Å². The molecule has 0 saturated heterocycles. The first-order valence-electron chi connectivity index (χ1n) is 8.70. The van der Waals surface area contributed by atoms with Crippen molar-refractivity contribution in [1.29, 1.82) is 0 Å². The SMILES string of the molecule is CCc1nncn1CCNC(=NC)NCCc1nc(C(C)(C)C)cs1.I. The number of aliphatic imine (C=N–C) groups is 1. The minimum absolute atomic E-state index is 0. The summed E-state index contributed by atoms with van der Waals surface area (Å²) in [4.78, 5) is 8.98. The molecule has 0 spiro atoms. The van der Waals surface area contributed by atoms with Crippen molar-refractivity contribution >= 4 is 41.3 Å². The van der Waals surface area contributed by atoms with Gasteiger partial charge < -0.3 is 15.2 Å². The molecular weight excluding hydrogens is 461 g/mol. The first-order valence-corrected chi connectivity index (χ1v) is 9.58. The van der Waals surface area contributed by atoms with Crippen LogP contribution in [0, 0.1) is 0 Å². The van der Waals surface area contributed by atoms with E-state index < -0.39 is 0 Å². The van der Waals surface area contributed by atoms with Gasteiger partial charge in [-0.2, -0.15) is 0 Å². The Labute approximate surface area is 177 Å². The Morgan fingerprint density at radius 3 is 2.62 bits per heavy atom. The number of halogens is 1. The highest BCUT2D eigenvalue weighted by Gasteiger charge is 2.17. The molecule has 0 aliphatic carbocycles. The summed E-state index contributed by atoms with van der Waals surface area (Å²) in [6.07, 6.45) is 3.55. The number of nitrogens with one attached hydrogen (secondary N) is 2. The van der Waals surface area contributed by atoms with Gasteiger partial charge in [0.1, 0.15) is 12.2 Å². The van der Waals surface area contributed by atoms with Crippen LogP contribution in [0.5, 0.6) is 0 Å². The van der Waals surface area contributed by atoms with Crippen molar-refractivity contribution in [2.45, 2.75) is 52.5 Å².